The van der Waals surface area contributed by atoms with Crippen LogP contribution in [0, 0.1) is 5.92 Å². The zero-order chi connectivity index (χ0) is 14.7. The quantitative estimate of drug-likeness (QED) is 0.804. The first-order valence-corrected chi connectivity index (χ1v) is 7.66. The summed E-state index contributed by atoms with van der Waals surface area (Å²) in [6, 6.07) is -0.191. The lowest BCUT2D eigenvalue weighted by Gasteiger charge is -2.20. The van der Waals surface area contributed by atoms with Gasteiger partial charge >= 0.3 is 6.03 Å². The van der Waals surface area contributed by atoms with Crippen LogP contribution >= 0.6 is 0 Å². The van der Waals surface area contributed by atoms with E-state index in [9.17, 15) is 4.79 Å². The summed E-state index contributed by atoms with van der Waals surface area (Å²) in [5.41, 5.74) is 0. The average molecular weight is 294 g/mol. The highest BCUT2D eigenvalue weighted by Gasteiger charge is 2.33. The monoisotopic (exact) mass is 294 g/mol. The van der Waals surface area contributed by atoms with E-state index < -0.39 is 0 Å². The predicted molar refractivity (Wildman–Crippen MR) is 74.7 cm³/mol. The van der Waals surface area contributed by atoms with Crippen LogP contribution in [-0.2, 0) is 11.2 Å². The van der Waals surface area contributed by atoms with Crippen molar-refractivity contribution in [2.75, 3.05) is 26.8 Å². The van der Waals surface area contributed by atoms with Gasteiger partial charge in [-0.1, -0.05) is 5.16 Å². The highest BCUT2D eigenvalue weighted by Crippen LogP contribution is 2.31. The summed E-state index contributed by atoms with van der Waals surface area (Å²) in [4.78, 5) is 18.0. The van der Waals surface area contributed by atoms with Crippen LogP contribution in [0.1, 0.15) is 43.4 Å². The highest BCUT2D eigenvalue weighted by molar-refractivity contribution is 5.74. The molecule has 1 saturated heterocycles. The fourth-order valence-electron chi connectivity index (χ4n) is 2.61. The molecule has 2 aliphatic rings. The average Bonchev–Trinajstić information content (AvgIpc) is 3.01. The Morgan fingerprint density at radius 2 is 2.33 bits per heavy atom. The van der Waals surface area contributed by atoms with E-state index in [1.807, 2.05) is 0 Å². The van der Waals surface area contributed by atoms with Gasteiger partial charge in [0, 0.05) is 26.6 Å². The summed E-state index contributed by atoms with van der Waals surface area (Å²) in [5, 5.41) is 6.64. The Hall–Kier alpha value is -1.63. The Bertz CT molecular complexity index is 486. The summed E-state index contributed by atoms with van der Waals surface area (Å²) >= 11 is 0. The van der Waals surface area contributed by atoms with Crippen molar-refractivity contribution in [3.63, 3.8) is 0 Å². The molecule has 1 aliphatic carbocycles. The number of hydrogen-bond donors (Lipinski definition) is 1. The molecule has 2 fully saturated rings. The maximum absolute atomic E-state index is 11.8. The fraction of sp³-hybridized carbons (Fsp3) is 0.786. The Morgan fingerprint density at radius 1 is 1.48 bits per heavy atom. The van der Waals surface area contributed by atoms with Crippen LogP contribution in [0.4, 0.5) is 4.79 Å². The predicted octanol–water partition coefficient (Wildman–Crippen LogP) is 1.51. The minimum Gasteiger partial charge on any atom is -0.381 e. The number of likely N-dealkylation sites (tertiary alicyclic amines) is 1. The third-order valence-corrected chi connectivity index (χ3v) is 4.02. The second-order valence-electron chi connectivity index (χ2n) is 5.72. The lowest BCUT2D eigenvalue weighted by molar-refractivity contribution is 0.125. The van der Waals surface area contributed by atoms with Crippen molar-refractivity contribution < 1.29 is 14.1 Å². The second-order valence-corrected chi connectivity index (χ2v) is 5.72. The molecule has 0 bridgehead atoms. The molecule has 1 aromatic rings. The first-order chi connectivity index (χ1) is 10.3. The molecule has 1 saturated carbocycles. The van der Waals surface area contributed by atoms with Gasteiger partial charge in [-0.05, 0) is 31.6 Å². The molecule has 7 nitrogen and oxygen atoms in total. The minimum absolute atomic E-state index is 0.0926. The van der Waals surface area contributed by atoms with Crippen molar-refractivity contribution in [2.45, 2.75) is 38.1 Å². The number of amides is 2. The lowest BCUT2D eigenvalue weighted by Crippen LogP contribution is -2.37. The van der Waals surface area contributed by atoms with Gasteiger partial charge in [0.1, 0.15) is 6.04 Å². The van der Waals surface area contributed by atoms with Crippen molar-refractivity contribution in [1.29, 1.82) is 0 Å². The van der Waals surface area contributed by atoms with Crippen LogP contribution in [0.2, 0.25) is 0 Å². The number of aromatic nitrogens is 2. The van der Waals surface area contributed by atoms with E-state index >= 15 is 0 Å². The zero-order valence-electron chi connectivity index (χ0n) is 12.4. The van der Waals surface area contributed by atoms with Crippen molar-refractivity contribution in [3.05, 3.63) is 11.7 Å². The molecule has 1 unspecified atom stereocenters. The Morgan fingerprint density at radius 3 is 3.10 bits per heavy atom. The summed E-state index contributed by atoms with van der Waals surface area (Å²) in [5.74, 6) is 1.96. The van der Waals surface area contributed by atoms with E-state index in [1.165, 1.54) is 12.8 Å². The molecule has 7 heteroatoms. The van der Waals surface area contributed by atoms with Crippen molar-refractivity contribution in [2.24, 2.45) is 5.92 Å². The smallest absolute Gasteiger partial charge is 0.317 e. The van der Waals surface area contributed by atoms with Crippen molar-refractivity contribution in [3.8, 4) is 0 Å². The summed E-state index contributed by atoms with van der Waals surface area (Å²) < 4.78 is 10.9. The maximum atomic E-state index is 11.8. The molecule has 21 heavy (non-hydrogen) atoms. The van der Waals surface area contributed by atoms with Gasteiger partial charge in [-0.25, -0.2) is 4.79 Å². The molecular formula is C14H22N4O3. The van der Waals surface area contributed by atoms with Crippen LogP contribution < -0.4 is 5.32 Å². The molecule has 3 rings (SSSR count). The Labute approximate surface area is 124 Å². The van der Waals surface area contributed by atoms with E-state index in [-0.39, 0.29) is 12.1 Å². The first-order valence-electron chi connectivity index (χ1n) is 7.66. The van der Waals surface area contributed by atoms with Gasteiger partial charge in [0.25, 0.3) is 0 Å². The van der Waals surface area contributed by atoms with Crippen LogP contribution in [-0.4, -0.2) is 47.9 Å². The molecule has 116 valence electrons. The normalized spacial score (nSPS) is 21.8. The van der Waals surface area contributed by atoms with Gasteiger partial charge in [-0.3, -0.25) is 0 Å². The van der Waals surface area contributed by atoms with Gasteiger partial charge in [-0.15, -0.1) is 0 Å². The number of rotatable bonds is 6. The summed E-state index contributed by atoms with van der Waals surface area (Å²) in [6.07, 6.45) is 5.07. The molecule has 1 aliphatic heterocycles. The Balaban J connectivity index is 1.52. The summed E-state index contributed by atoms with van der Waals surface area (Å²) in [6.45, 7) is 2.20. The van der Waals surface area contributed by atoms with E-state index in [0.29, 0.717) is 24.7 Å². The maximum Gasteiger partial charge on any atom is 0.317 e. The van der Waals surface area contributed by atoms with E-state index in [4.69, 9.17) is 9.26 Å². The van der Waals surface area contributed by atoms with E-state index in [2.05, 4.69) is 15.5 Å². The topological polar surface area (TPSA) is 80.5 Å². The molecular weight excluding hydrogens is 272 g/mol. The molecule has 1 N–H and O–H groups in total. The fourth-order valence-corrected chi connectivity index (χ4v) is 2.61. The van der Waals surface area contributed by atoms with E-state index in [1.54, 1.807) is 11.9 Å². The van der Waals surface area contributed by atoms with Crippen molar-refractivity contribution >= 4 is 6.03 Å². The molecule has 0 spiro atoms. The zero-order valence-corrected chi connectivity index (χ0v) is 12.4. The molecule has 2 heterocycles. The third-order valence-electron chi connectivity index (χ3n) is 4.02. The summed E-state index contributed by atoms with van der Waals surface area (Å²) in [7, 11) is 1.63. The number of hydrogen-bond acceptors (Lipinski definition) is 5. The SMILES string of the molecule is CNC(=O)N1CCCC1c1nc(CCOCC2CC2)no1. The van der Waals surface area contributed by atoms with Gasteiger partial charge in [0.05, 0.1) is 6.61 Å². The van der Waals surface area contributed by atoms with E-state index in [0.717, 1.165) is 31.9 Å². The highest BCUT2D eigenvalue weighted by atomic mass is 16.5. The van der Waals surface area contributed by atoms with Gasteiger partial charge < -0.3 is 19.5 Å². The van der Waals surface area contributed by atoms with Gasteiger partial charge in [0.2, 0.25) is 5.89 Å². The van der Waals surface area contributed by atoms with Gasteiger partial charge in [0.15, 0.2) is 5.82 Å². The third kappa shape index (κ3) is 3.53. The second kappa shape index (κ2) is 6.43. The molecule has 0 aromatic carbocycles. The largest absolute Gasteiger partial charge is 0.381 e. The van der Waals surface area contributed by atoms with Crippen LogP contribution in [0.15, 0.2) is 4.52 Å². The number of carbonyl (C=O) groups excluding carboxylic acids is 1. The number of carbonyl (C=O) groups is 1. The first kappa shape index (κ1) is 14.3. The van der Waals surface area contributed by atoms with Crippen molar-refractivity contribution in [1.82, 2.24) is 20.4 Å². The van der Waals surface area contributed by atoms with Crippen LogP contribution in [0.3, 0.4) is 0 Å². The Kier molecular flexibility index (Phi) is 4.38. The molecule has 2 amide bonds. The molecule has 0 radical (unpaired) electrons. The van der Waals surface area contributed by atoms with Gasteiger partial charge in [-0.2, -0.15) is 4.98 Å². The van der Waals surface area contributed by atoms with Crippen LogP contribution in [0.5, 0.6) is 0 Å². The van der Waals surface area contributed by atoms with Crippen LogP contribution in [0.25, 0.3) is 0 Å². The number of ether oxygens (including phenoxy) is 1. The number of nitrogens with one attached hydrogen (secondary N) is 1. The molecule has 1 aromatic heterocycles. The number of nitrogens with zero attached hydrogens (tertiary/aromatic N) is 3. The standard InChI is InChI=1S/C14H22N4O3/c1-15-14(19)18-7-2-3-11(18)13-16-12(17-21-13)6-8-20-9-10-4-5-10/h10-11H,2-9H2,1H3,(H,15,19). The molecule has 1 atom stereocenters. The minimum atomic E-state index is -0.0985. The lowest BCUT2D eigenvalue weighted by atomic mass is 10.2. The number of urea groups is 1.